The van der Waals surface area contributed by atoms with Crippen molar-refractivity contribution in [2.24, 2.45) is 0 Å². The van der Waals surface area contributed by atoms with Crippen molar-refractivity contribution in [2.45, 2.75) is 45.3 Å². The number of ether oxygens (including phenoxy) is 1. The SMILES string of the molecule is CSCC[C@H](NC(=O)OC(C)(C)C)C(=O)Cc1ccccc1. The van der Waals surface area contributed by atoms with Crippen molar-refractivity contribution in [2.75, 3.05) is 12.0 Å². The molecule has 0 spiro atoms. The number of amides is 1. The van der Waals surface area contributed by atoms with Crippen LogP contribution in [0.4, 0.5) is 4.79 Å². The first-order chi connectivity index (χ1) is 10.3. The molecule has 1 rings (SSSR count). The molecule has 0 saturated heterocycles. The lowest BCUT2D eigenvalue weighted by Gasteiger charge is -2.23. The van der Waals surface area contributed by atoms with Crippen LogP contribution in [0.5, 0.6) is 0 Å². The molecule has 0 unspecified atom stereocenters. The van der Waals surface area contributed by atoms with E-state index in [0.29, 0.717) is 12.8 Å². The number of carbonyl (C=O) groups excluding carboxylic acids is 2. The summed E-state index contributed by atoms with van der Waals surface area (Å²) >= 11 is 1.65. The van der Waals surface area contributed by atoms with E-state index in [0.717, 1.165) is 11.3 Å². The molecule has 0 heterocycles. The third-order valence-electron chi connectivity index (χ3n) is 2.91. The predicted octanol–water partition coefficient (Wildman–Crippen LogP) is 3.44. The molecular formula is C17H25NO3S. The molecule has 0 bridgehead atoms. The summed E-state index contributed by atoms with van der Waals surface area (Å²) in [5, 5.41) is 2.70. The Labute approximate surface area is 137 Å². The largest absolute Gasteiger partial charge is 0.444 e. The van der Waals surface area contributed by atoms with E-state index < -0.39 is 17.7 Å². The number of thioether (sulfide) groups is 1. The Morgan fingerprint density at radius 3 is 2.41 bits per heavy atom. The molecule has 1 atom stereocenters. The molecule has 0 saturated carbocycles. The molecule has 4 nitrogen and oxygen atoms in total. The first kappa shape index (κ1) is 18.6. The summed E-state index contributed by atoms with van der Waals surface area (Å²) in [5.74, 6) is 0.812. The van der Waals surface area contributed by atoms with Gasteiger partial charge in [-0.25, -0.2) is 4.79 Å². The minimum atomic E-state index is -0.573. The van der Waals surface area contributed by atoms with E-state index in [9.17, 15) is 9.59 Å². The summed E-state index contributed by atoms with van der Waals surface area (Å²) < 4.78 is 5.24. The van der Waals surface area contributed by atoms with Gasteiger partial charge in [0.15, 0.2) is 5.78 Å². The highest BCUT2D eigenvalue weighted by Crippen LogP contribution is 2.10. The lowest BCUT2D eigenvalue weighted by Crippen LogP contribution is -2.44. The van der Waals surface area contributed by atoms with Gasteiger partial charge >= 0.3 is 6.09 Å². The van der Waals surface area contributed by atoms with Gasteiger partial charge in [-0.2, -0.15) is 11.8 Å². The number of rotatable bonds is 7. The molecular weight excluding hydrogens is 298 g/mol. The maximum absolute atomic E-state index is 12.4. The van der Waals surface area contributed by atoms with Crippen LogP contribution in [-0.4, -0.2) is 35.5 Å². The van der Waals surface area contributed by atoms with E-state index in [2.05, 4.69) is 5.32 Å². The first-order valence-electron chi connectivity index (χ1n) is 7.37. The van der Waals surface area contributed by atoms with Gasteiger partial charge in [-0.05, 0) is 44.8 Å². The van der Waals surface area contributed by atoms with Gasteiger partial charge in [0.2, 0.25) is 0 Å². The molecule has 1 N–H and O–H groups in total. The first-order valence-corrected chi connectivity index (χ1v) is 8.76. The molecule has 0 aliphatic rings. The molecule has 0 aliphatic carbocycles. The van der Waals surface area contributed by atoms with Crippen LogP contribution in [0.2, 0.25) is 0 Å². The maximum Gasteiger partial charge on any atom is 0.408 e. The van der Waals surface area contributed by atoms with Crippen molar-refractivity contribution in [3.8, 4) is 0 Å². The highest BCUT2D eigenvalue weighted by Gasteiger charge is 2.23. The van der Waals surface area contributed by atoms with Crippen LogP contribution in [0.3, 0.4) is 0 Å². The quantitative estimate of drug-likeness (QED) is 0.835. The van der Waals surface area contributed by atoms with E-state index in [4.69, 9.17) is 4.74 Å². The van der Waals surface area contributed by atoms with Crippen molar-refractivity contribution < 1.29 is 14.3 Å². The van der Waals surface area contributed by atoms with Crippen LogP contribution in [0.1, 0.15) is 32.8 Å². The summed E-state index contributed by atoms with van der Waals surface area (Å²) in [5.41, 5.74) is 0.379. The number of carbonyl (C=O) groups is 2. The number of benzene rings is 1. The number of nitrogens with one attached hydrogen (secondary N) is 1. The van der Waals surface area contributed by atoms with Crippen molar-refractivity contribution in [3.05, 3.63) is 35.9 Å². The zero-order valence-corrected chi connectivity index (χ0v) is 14.5. The molecule has 1 amide bonds. The Hall–Kier alpha value is -1.49. The van der Waals surface area contributed by atoms with E-state index in [1.807, 2.05) is 36.6 Å². The predicted molar refractivity (Wildman–Crippen MR) is 91.3 cm³/mol. The minimum absolute atomic E-state index is 0.00566. The van der Waals surface area contributed by atoms with Crippen molar-refractivity contribution in [3.63, 3.8) is 0 Å². The molecule has 1 aromatic carbocycles. The fraction of sp³-hybridized carbons (Fsp3) is 0.529. The molecule has 1 aromatic rings. The molecule has 0 aliphatic heterocycles. The second kappa shape index (κ2) is 8.83. The Kier molecular flexibility index (Phi) is 7.45. The molecule has 0 fully saturated rings. The third kappa shape index (κ3) is 7.50. The smallest absolute Gasteiger partial charge is 0.408 e. The lowest BCUT2D eigenvalue weighted by molar-refractivity contribution is -0.120. The number of ketones is 1. The molecule has 5 heteroatoms. The summed E-state index contributed by atoms with van der Waals surface area (Å²) in [6, 6.07) is 9.04. The van der Waals surface area contributed by atoms with Crippen molar-refractivity contribution >= 4 is 23.6 Å². The monoisotopic (exact) mass is 323 g/mol. The van der Waals surface area contributed by atoms with Crippen LogP contribution < -0.4 is 5.32 Å². The fourth-order valence-corrected chi connectivity index (χ4v) is 2.39. The second-order valence-electron chi connectivity index (χ2n) is 6.11. The lowest BCUT2D eigenvalue weighted by atomic mass is 10.0. The summed E-state index contributed by atoms with van der Waals surface area (Å²) in [7, 11) is 0. The van der Waals surface area contributed by atoms with Gasteiger partial charge in [0.1, 0.15) is 5.60 Å². The second-order valence-corrected chi connectivity index (χ2v) is 7.09. The maximum atomic E-state index is 12.4. The average Bonchev–Trinajstić information content (AvgIpc) is 2.42. The van der Waals surface area contributed by atoms with E-state index in [1.54, 1.807) is 32.5 Å². The number of alkyl carbamates (subject to hydrolysis) is 1. The van der Waals surface area contributed by atoms with Gasteiger partial charge in [-0.1, -0.05) is 30.3 Å². The van der Waals surface area contributed by atoms with Gasteiger partial charge in [-0.3, -0.25) is 4.79 Å². The van der Waals surface area contributed by atoms with E-state index in [1.165, 1.54) is 0 Å². The minimum Gasteiger partial charge on any atom is -0.444 e. The zero-order chi connectivity index (χ0) is 16.6. The molecule has 0 radical (unpaired) electrons. The Morgan fingerprint density at radius 2 is 1.86 bits per heavy atom. The summed E-state index contributed by atoms with van der Waals surface area (Å²) in [6.07, 6.45) is 2.36. The van der Waals surface area contributed by atoms with E-state index >= 15 is 0 Å². The standard InChI is InChI=1S/C17H25NO3S/c1-17(2,3)21-16(20)18-14(10-11-22-4)15(19)12-13-8-6-5-7-9-13/h5-9,14H,10-12H2,1-4H3,(H,18,20)/t14-/m0/s1. The van der Waals surface area contributed by atoms with Gasteiger partial charge in [-0.15, -0.1) is 0 Å². The van der Waals surface area contributed by atoms with Crippen LogP contribution in [0.25, 0.3) is 0 Å². The number of Topliss-reactive ketones (excluding diaryl/α,β-unsaturated/α-hetero) is 1. The Balaban J connectivity index is 2.66. The van der Waals surface area contributed by atoms with Crippen molar-refractivity contribution in [1.82, 2.24) is 5.32 Å². The fourth-order valence-electron chi connectivity index (χ4n) is 1.92. The highest BCUT2D eigenvalue weighted by molar-refractivity contribution is 7.98. The Morgan fingerprint density at radius 1 is 1.23 bits per heavy atom. The Bertz CT molecular complexity index is 482. The molecule has 122 valence electrons. The van der Waals surface area contributed by atoms with Gasteiger partial charge in [0.25, 0.3) is 0 Å². The van der Waals surface area contributed by atoms with Crippen molar-refractivity contribution in [1.29, 1.82) is 0 Å². The van der Waals surface area contributed by atoms with Gasteiger partial charge < -0.3 is 10.1 Å². The van der Waals surface area contributed by atoms with Gasteiger partial charge in [0, 0.05) is 6.42 Å². The number of hydrogen-bond acceptors (Lipinski definition) is 4. The molecule has 22 heavy (non-hydrogen) atoms. The van der Waals surface area contributed by atoms with Gasteiger partial charge in [0.05, 0.1) is 6.04 Å². The number of hydrogen-bond donors (Lipinski definition) is 1. The average molecular weight is 323 g/mol. The third-order valence-corrected chi connectivity index (χ3v) is 3.56. The van der Waals surface area contributed by atoms with Crippen LogP contribution in [-0.2, 0) is 16.0 Å². The van der Waals surface area contributed by atoms with E-state index in [-0.39, 0.29) is 5.78 Å². The topological polar surface area (TPSA) is 55.4 Å². The summed E-state index contributed by atoms with van der Waals surface area (Å²) in [4.78, 5) is 24.3. The van der Waals surface area contributed by atoms with Crippen LogP contribution in [0, 0.1) is 0 Å². The molecule has 0 aromatic heterocycles. The van der Waals surface area contributed by atoms with Crippen LogP contribution >= 0.6 is 11.8 Å². The highest BCUT2D eigenvalue weighted by atomic mass is 32.2. The zero-order valence-electron chi connectivity index (χ0n) is 13.7. The normalized spacial score (nSPS) is 12.5. The van der Waals surface area contributed by atoms with Crippen LogP contribution in [0.15, 0.2) is 30.3 Å². The summed E-state index contributed by atoms with van der Waals surface area (Å²) in [6.45, 7) is 5.40.